The Hall–Kier alpha value is -3.38. The van der Waals surface area contributed by atoms with Crippen LogP contribution >= 0.6 is 0 Å². The first-order chi connectivity index (χ1) is 13.9. The summed E-state index contributed by atoms with van der Waals surface area (Å²) in [6.07, 6.45) is 6.54. The minimum Gasteiger partial charge on any atom is -1.00 e. The number of halogens is 1. The van der Waals surface area contributed by atoms with E-state index in [9.17, 15) is 0 Å². The summed E-state index contributed by atoms with van der Waals surface area (Å²) in [6.45, 7) is 1.67. The van der Waals surface area contributed by atoms with Gasteiger partial charge in [0.05, 0.1) is 6.33 Å². The second-order valence-electron chi connectivity index (χ2n) is 6.62. The van der Waals surface area contributed by atoms with Gasteiger partial charge in [-0.15, -0.1) is 0 Å². The van der Waals surface area contributed by atoms with Crippen LogP contribution in [0.3, 0.4) is 0 Å². The van der Waals surface area contributed by atoms with Gasteiger partial charge in [0.25, 0.3) is 0 Å². The molecule has 0 saturated heterocycles. The van der Waals surface area contributed by atoms with E-state index in [1.54, 1.807) is 6.20 Å². The number of hydrogen-bond donors (Lipinski definition) is 1. The Morgan fingerprint density at radius 2 is 1.79 bits per heavy atom. The standard InChI is InChI=1S/C22H19N5O.ClH/c1-2-7-16(8-3-1)21-25-19-17-9-4-5-10-18(17)28-20(19)22(26-21)24-11-6-13-27-14-12-23-15-27;/h1-5,7-10,12,14-15H,6,11,13H2,(H,24,25,26);1H/p-1. The maximum atomic E-state index is 6.07. The zero-order valence-electron chi connectivity index (χ0n) is 15.6. The van der Waals surface area contributed by atoms with Crippen LogP contribution in [-0.2, 0) is 6.54 Å². The number of nitrogens with one attached hydrogen (secondary N) is 1. The molecular formula is C22H19ClN5O-. The number of nitrogens with zero attached hydrogens (tertiary/aromatic N) is 4. The van der Waals surface area contributed by atoms with Crippen molar-refractivity contribution in [1.82, 2.24) is 19.5 Å². The number of aromatic nitrogens is 4. The molecule has 0 amide bonds. The lowest BCUT2D eigenvalue weighted by atomic mass is 10.2. The molecule has 5 rings (SSSR count). The molecule has 1 N–H and O–H groups in total. The molecule has 3 heterocycles. The van der Waals surface area contributed by atoms with Crippen molar-refractivity contribution in [3.8, 4) is 11.4 Å². The number of fused-ring (bicyclic) bond motifs is 3. The van der Waals surface area contributed by atoms with E-state index in [-0.39, 0.29) is 12.4 Å². The summed E-state index contributed by atoms with van der Waals surface area (Å²) >= 11 is 0. The Labute approximate surface area is 174 Å². The number of para-hydroxylation sites is 1. The van der Waals surface area contributed by atoms with Gasteiger partial charge in [-0.05, 0) is 18.6 Å². The van der Waals surface area contributed by atoms with Crippen LogP contribution < -0.4 is 17.7 Å². The molecule has 0 aliphatic rings. The summed E-state index contributed by atoms with van der Waals surface area (Å²) < 4.78 is 8.14. The largest absolute Gasteiger partial charge is 1.00 e. The molecule has 0 unspecified atom stereocenters. The lowest BCUT2D eigenvalue weighted by Crippen LogP contribution is -3.00. The first-order valence-corrected chi connectivity index (χ1v) is 9.33. The third kappa shape index (κ3) is 3.79. The van der Waals surface area contributed by atoms with Gasteiger partial charge in [-0.3, -0.25) is 0 Å². The van der Waals surface area contributed by atoms with Gasteiger partial charge < -0.3 is 26.7 Å². The average Bonchev–Trinajstić information content (AvgIpc) is 3.39. The predicted molar refractivity (Wildman–Crippen MR) is 110 cm³/mol. The molecule has 0 atom stereocenters. The molecule has 0 aliphatic carbocycles. The lowest BCUT2D eigenvalue weighted by molar-refractivity contribution is -0.00000613. The first-order valence-electron chi connectivity index (χ1n) is 9.33. The van der Waals surface area contributed by atoms with E-state index >= 15 is 0 Å². The van der Waals surface area contributed by atoms with Crippen LogP contribution in [-0.4, -0.2) is 26.1 Å². The van der Waals surface area contributed by atoms with E-state index in [4.69, 9.17) is 14.4 Å². The molecule has 0 spiro atoms. The topological polar surface area (TPSA) is 68.8 Å². The maximum Gasteiger partial charge on any atom is 0.196 e. The molecule has 2 aromatic carbocycles. The van der Waals surface area contributed by atoms with E-state index in [0.29, 0.717) is 11.4 Å². The van der Waals surface area contributed by atoms with E-state index in [0.717, 1.165) is 47.4 Å². The summed E-state index contributed by atoms with van der Waals surface area (Å²) in [5.74, 6) is 1.42. The fourth-order valence-corrected chi connectivity index (χ4v) is 3.31. The van der Waals surface area contributed by atoms with Gasteiger partial charge in [0, 0.05) is 36.4 Å². The summed E-state index contributed by atoms with van der Waals surface area (Å²) in [4.78, 5) is 13.6. The number of aryl methyl sites for hydroxylation is 1. The van der Waals surface area contributed by atoms with Crippen molar-refractivity contribution in [2.24, 2.45) is 0 Å². The molecular weight excluding hydrogens is 386 g/mol. The lowest BCUT2D eigenvalue weighted by Gasteiger charge is -2.08. The van der Waals surface area contributed by atoms with Gasteiger partial charge in [0.2, 0.25) is 0 Å². The van der Waals surface area contributed by atoms with Gasteiger partial charge in [0.1, 0.15) is 11.1 Å². The molecule has 6 nitrogen and oxygen atoms in total. The zero-order valence-corrected chi connectivity index (χ0v) is 16.4. The number of furan rings is 1. The highest BCUT2D eigenvalue weighted by Gasteiger charge is 2.16. The number of rotatable bonds is 6. The van der Waals surface area contributed by atoms with Crippen molar-refractivity contribution < 1.29 is 16.8 Å². The van der Waals surface area contributed by atoms with E-state index in [1.807, 2.05) is 67.1 Å². The Morgan fingerprint density at radius 1 is 0.966 bits per heavy atom. The number of imidazole rings is 1. The molecule has 0 fully saturated rings. The van der Waals surface area contributed by atoms with Gasteiger partial charge in [-0.1, -0.05) is 42.5 Å². The molecule has 146 valence electrons. The molecule has 0 radical (unpaired) electrons. The van der Waals surface area contributed by atoms with Gasteiger partial charge >= 0.3 is 0 Å². The maximum absolute atomic E-state index is 6.07. The normalized spacial score (nSPS) is 10.9. The smallest absolute Gasteiger partial charge is 0.196 e. The summed E-state index contributed by atoms with van der Waals surface area (Å²) in [7, 11) is 0. The highest BCUT2D eigenvalue weighted by atomic mass is 35.5. The van der Waals surface area contributed by atoms with E-state index < -0.39 is 0 Å². The fourth-order valence-electron chi connectivity index (χ4n) is 3.31. The summed E-state index contributed by atoms with van der Waals surface area (Å²) in [5.41, 5.74) is 3.33. The third-order valence-corrected chi connectivity index (χ3v) is 4.70. The van der Waals surface area contributed by atoms with Crippen LogP contribution in [0.2, 0.25) is 0 Å². The minimum absolute atomic E-state index is 0. The van der Waals surface area contributed by atoms with Crippen LogP contribution in [0.1, 0.15) is 6.42 Å². The molecule has 0 aliphatic heterocycles. The second kappa shape index (κ2) is 8.32. The van der Waals surface area contributed by atoms with Crippen LogP contribution in [0, 0.1) is 0 Å². The van der Waals surface area contributed by atoms with Crippen molar-refractivity contribution in [2.75, 3.05) is 11.9 Å². The summed E-state index contributed by atoms with van der Waals surface area (Å²) in [5, 5.41) is 4.44. The van der Waals surface area contributed by atoms with Crippen molar-refractivity contribution in [3.63, 3.8) is 0 Å². The highest BCUT2D eigenvalue weighted by molar-refractivity contribution is 6.06. The molecule has 29 heavy (non-hydrogen) atoms. The van der Waals surface area contributed by atoms with Crippen LogP contribution in [0.4, 0.5) is 5.82 Å². The van der Waals surface area contributed by atoms with Crippen LogP contribution in [0.5, 0.6) is 0 Å². The quantitative estimate of drug-likeness (QED) is 0.437. The predicted octanol–water partition coefficient (Wildman–Crippen LogP) is 1.75. The third-order valence-electron chi connectivity index (χ3n) is 4.70. The molecule has 5 aromatic rings. The van der Waals surface area contributed by atoms with E-state index in [1.165, 1.54) is 0 Å². The minimum atomic E-state index is 0. The van der Waals surface area contributed by atoms with Gasteiger partial charge in [-0.2, -0.15) is 0 Å². The monoisotopic (exact) mass is 404 g/mol. The van der Waals surface area contributed by atoms with Crippen LogP contribution in [0.25, 0.3) is 33.5 Å². The van der Waals surface area contributed by atoms with Gasteiger partial charge in [-0.25, -0.2) is 15.0 Å². The van der Waals surface area contributed by atoms with Crippen molar-refractivity contribution >= 4 is 27.9 Å². The van der Waals surface area contributed by atoms with Gasteiger partial charge in [0.15, 0.2) is 17.2 Å². The molecule has 0 saturated carbocycles. The highest BCUT2D eigenvalue weighted by Crippen LogP contribution is 2.33. The SMILES string of the molecule is [Cl-].c1ccc(-c2nc(NCCCn3ccnc3)c3oc4ccccc4c3n2)cc1. The number of benzene rings is 2. The van der Waals surface area contributed by atoms with Crippen molar-refractivity contribution in [2.45, 2.75) is 13.0 Å². The second-order valence-corrected chi connectivity index (χ2v) is 6.62. The van der Waals surface area contributed by atoms with Crippen molar-refractivity contribution in [1.29, 1.82) is 0 Å². The van der Waals surface area contributed by atoms with E-state index in [2.05, 4.69) is 14.9 Å². The molecule has 0 bridgehead atoms. The number of anilines is 1. The average molecular weight is 405 g/mol. The fraction of sp³-hybridized carbons (Fsp3) is 0.136. The summed E-state index contributed by atoms with van der Waals surface area (Å²) in [6, 6.07) is 18.0. The molecule has 3 aromatic heterocycles. The Kier molecular flexibility index (Phi) is 5.44. The number of hydrogen-bond acceptors (Lipinski definition) is 5. The Bertz CT molecular complexity index is 1220. The Balaban J connectivity index is 0.00000205. The Morgan fingerprint density at radius 3 is 2.62 bits per heavy atom. The zero-order chi connectivity index (χ0) is 18.8. The molecule has 7 heteroatoms. The van der Waals surface area contributed by atoms with Crippen molar-refractivity contribution in [3.05, 3.63) is 73.3 Å². The van der Waals surface area contributed by atoms with Crippen LogP contribution in [0.15, 0.2) is 77.7 Å². The first kappa shape index (κ1) is 19.0.